The van der Waals surface area contributed by atoms with Gasteiger partial charge in [-0.2, -0.15) is 0 Å². The zero-order valence-electron chi connectivity index (χ0n) is 13.3. The highest BCUT2D eigenvalue weighted by Gasteiger charge is 2.22. The van der Waals surface area contributed by atoms with Gasteiger partial charge in [-0.05, 0) is 54.0 Å². The standard InChI is InChI=1S/C19H16FNO3S/c20-13-3-5-18-14(10-13)15(7-8-25-18)21-19(22)6-2-12-1-4-16-17(9-12)24-11-23-16/h1-6,9-10,15H,7-8,11H2,(H,21,22)/b6-2+. The van der Waals surface area contributed by atoms with Crippen LogP contribution in [-0.2, 0) is 4.79 Å². The third-order valence-corrected chi connectivity index (χ3v) is 5.27. The van der Waals surface area contributed by atoms with Crippen LogP contribution in [0.2, 0.25) is 0 Å². The first-order valence-corrected chi connectivity index (χ1v) is 8.98. The van der Waals surface area contributed by atoms with Crippen molar-refractivity contribution in [3.63, 3.8) is 0 Å². The number of halogens is 1. The topological polar surface area (TPSA) is 47.6 Å². The molecule has 2 aliphatic heterocycles. The minimum Gasteiger partial charge on any atom is -0.454 e. The first-order valence-electron chi connectivity index (χ1n) is 7.99. The Hall–Kier alpha value is -2.47. The molecule has 4 nitrogen and oxygen atoms in total. The molecule has 4 rings (SSSR count). The second-order valence-electron chi connectivity index (χ2n) is 5.83. The first kappa shape index (κ1) is 16.0. The molecule has 2 aromatic rings. The molecular formula is C19H16FNO3S. The van der Waals surface area contributed by atoms with Crippen molar-refractivity contribution in [1.29, 1.82) is 0 Å². The summed E-state index contributed by atoms with van der Waals surface area (Å²) in [4.78, 5) is 13.3. The number of ether oxygens (including phenoxy) is 2. The highest BCUT2D eigenvalue weighted by Crippen LogP contribution is 2.36. The van der Waals surface area contributed by atoms with Crippen LogP contribution < -0.4 is 14.8 Å². The molecule has 128 valence electrons. The number of rotatable bonds is 3. The lowest BCUT2D eigenvalue weighted by Crippen LogP contribution is -2.29. The maximum absolute atomic E-state index is 13.5. The van der Waals surface area contributed by atoms with Crippen LogP contribution in [0.5, 0.6) is 11.5 Å². The van der Waals surface area contributed by atoms with E-state index in [2.05, 4.69) is 5.32 Å². The van der Waals surface area contributed by atoms with Crippen molar-refractivity contribution in [3.05, 3.63) is 59.4 Å². The number of benzene rings is 2. The highest BCUT2D eigenvalue weighted by atomic mass is 32.2. The van der Waals surface area contributed by atoms with Crippen LogP contribution in [0.1, 0.15) is 23.6 Å². The Morgan fingerprint density at radius 1 is 1.20 bits per heavy atom. The fourth-order valence-corrected chi connectivity index (χ4v) is 4.03. The number of carbonyl (C=O) groups excluding carboxylic acids is 1. The van der Waals surface area contributed by atoms with Gasteiger partial charge < -0.3 is 14.8 Å². The Labute approximate surface area is 149 Å². The molecule has 1 unspecified atom stereocenters. The SMILES string of the molecule is O=C(/C=C/c1ccc2c(c1)OCO2)NC1CCSc2ccc(F)cc21. The van der Waals surface area contributed by atoms with Crippen LogP contribution >= 0.6 is 11.8 Å². The van der Waals surface area contributed by atoms with Crippen molar-refractivity contribution in [2.24, 2.45) is 0 Å². The zero-order chi connectivity index (χ0) is 17.2. The van der Waals surface area contributed by atoms with Crippen LogP contribution in [0, 0.1) is 5.82 Å². The van der Waals surface area contributed by atoms with E-state index in [1.54, 1.807) is 23.9 Å². The van der Waals surface area contributed by atoms with Gasteiger partial charge in [0.15, 0.2) is 11.5 Å². The summed E-state index contributed by atoms with van der Waals surface area (Å²) < 4.78 is 24.1. The largest absolute Gasteiger partial charge is 0.454 e. The molecule has 0 saturated heterocycles. The average Bonchev–Trinajstić information content (AvgIpc) is 3.08. The number of thioether (sulfide) groups is 1. The molecule has 0 spiro atoms. The van der Waals surface area contributed by atoms with Crippen LogP contribution in [0.3, 0.4) is 0 Å². The molecule has 25 heavy (non-hydrogen) atoms. The normalized spacial score (nSPS) is 18.2. The van der Waals surface area contributed by atoms with Crippen molar-refractivity contribution < 1.29 is 18.7 Å². The Bertz CT molecular complexity index is 853. The molecule has 1 atom stereocenters. The van der Waals surface area contributed by atoms with Gasteiger partial charge in [-0.25, -0.2) is 4.39 Å². The monoisotopic (exact) mass is 357 g/mol. The molecule has 0 fully saturated rings. The molecule has 0 radical (unpaired) electrons. The van der Waals surface area contributed by atoms with E-state index in [0.29, 0.717) is 11.5 Å². The molecule has 2 heterocycles. The van der Waals surface area contributed by atoms with Crippen molar-refractivity contribution in [1.82, 2.24) is 5.32 Å². The summed E-state index contributed by atoms with van der Waals surface area (Å²) in [7, 11) is 0. The lowest BCUT2D eigenvalue weighted by molar-refractivity contribution is -0.117. The van der Waals surface area contributed by atoms with E-state index < -0.39 is 0 Å². The maximum Gasteiger partial charge on any atom is 0.244 e. The fraction of sp³-hybridized carbons (Fsp3) is 0.211. The van der Waals surface area contributed by atoms with Gasteiger partial charge in [0.2, 0.25) is 12.7 Å². The molecule has 0 saturated carbocycles. The lowest BCUT2D eigenvalue weighted by Gasteiger charge is -2.25. The van der Waals surface area contributed by atoms with Crippen molar-refractivity contribution >= 4 is 23.7 Å². The van der Waals surface area contributed by atoms with E-state index in [0.717, 1.165) is 28.2 Å². The van der Waals surface area contributed by atoms with Gasteiger partial charge in [-0.15, -0.1) is 11.8 Å². The maximum atomic E-state index is 13.5. The van der Waals surface area contributed by atoms with E-state index in [1.807, 2.05) is 18.2 Å². The molecule has 2 aromatic carbocycles. The quantitative estimate of drug-likeness (QED) is 0.846. The second-order valence-corrected chi connectivity index (χ2v) is 6.96. The summed E-state index contributed by atoms with van der Waals surface area (Å²) in [6.45, 7) is 0.221. The molecule has 1 N–H and O–H groups in total. The second kappa shape index (κ2) is 6.80. The van der Waals surface area contributed by atoms with Gasteiger partial charge in [-0.3, -0.25) is 4.79 Å². The van der Waals surface area contributed by atoms with Crippen molar-refractivity contribution in [3.8, 4) is 11.5 Å². The van der Waals surface area contributed by atoms with Crippen LogP contribution in [0.15, 0.2) is 47.4 Å². The van der Waals surface area contributed by atoms with Crippen LogP contribution in [0.4, 0.5) is 4.39 Å². The summed E-state index contributed by atoms with van der Waals surface area (Å²) in [5.74, 6) is 1.80. The average molecular weight is 357 g/mol. The molecule has 1 amide bonds. The van der Waals surface area contributed by atoms with E-state index >= 15 is 0 Å². The van der Waals surface area contributed by atoms with Crippen LogP contribution in [-0.4, -0.2) is 18.5 Å². The number of hydrogen-bond acceptors (Lipinski definition) is 4. The van der Waals surface area contributed by atoms with Gasteiger partial charge in [0.25, 0.3) is 0 Å². The third kappa shape index (κ3) is 3.49. The van der Waals surface area contributed by atoms with E-state index in [1.165, 1.54) is 18.2 Å². The van der Waals surface area contributed by atoms with Gasteiger partial charge in [0.05, 0.1) is 6.04 Å². The molecule has 6 heteroatoms. The van der Waals surface area contributed by atoms with Crippen molar-refractivity contribution in [2.45, 2.75) is 17.4 Å². The Kier molecular flexibility index (Phi) is 4.36. The summed E-state index contributed by atoms with van der Waals surface area (Å²) in [6.07, 6.45) is 3.99. The molecular weight excluding hydrogens is 341 g/mol. The number of carbonyl (C=O) groups is 1. The molecule has 0 bridgehead atoms. The minimum absolute atomic E-state index is 0.166. The Balaban J connectivity index is 1.45. The van der Waals surface area contributed by atoms with E-state index in [4.69, 9.17) is 9.47 Å². The number of fused-ring (bicyclic) bond motifs is 2. The Morgan fingerprint density at radius 3 is 3.00 bits per heavy atom. The third-order valence-electron chi connectivity index (χ3n) is 4.15. The first-order chi connectivity index (χ1) is 12.2. The van der Waals surface area contributed by atoms with E-state index in [-0.39, 0.29) is 24.6 Å². The summed E-state index contributed by atoms with van der Waals surface area (Å²) in [5.41, 5.74) is 1.70. The highest BCUT2D eigenvalue weighted by molar-refractivity contribution is 7.99. The predicted molar refractivity (Wildman–Crippen MR) is 94.2 cm³/mol. The predicted octanol–water partition coefficient (Wildman–Crippen LogP) is 3.92. The molecule has 0 aliphatic carbocycles. The summed E-state index contributed by atoms with van der Waals surface area (Å²) in [5, 5.41) is 2.96. The fourth-order valence-electron chi connectivity index (χ4n) is 2.92. The van der Waals surface area contributed by atoms with Crippen molar-refractivity contribution in [2.75, 3.05) is 12.5 Å². The van der Waals surface area contributed by atoms with Gasteiger partial charge >= 0.3 is 0 Å². The number of hydrogen-bond donors (Lipinski definition) is 1. The smallest absolute Gasteiger partial charge is 0.244 e. The molecule has 0 aromatic heterocycles. The number of amides is 1. The van der Waals surface area contributed by atoms with Crippen LogP contribution in [0.25, 0.3) is 6.08 Å². The van der Waals surface area contributed by atoms with Gasteiger partial charge in [0.1, 0.15) is 5.82 Å². The summed E-state index contributed by atoms with van der Waals surface area (Å²) >= 11 is 1.69. The molecule has 2 aliphatic rings. The van der Waals surface area contributed by atoms with Gasteiger partial charge in [0, 0.05) is 16.7 Å². The minimum atomic E-state index is -0.281. The van der Waals surface area contributed by atoms with E-state index in [9.17, 15) is 9.18 Å². The Morgan fingerprint density at radius 2 is 2.08 bits per heavy atom. The number of nitrogens with one attached hydrogen (secondary N) is 1. The lowest BCUT2D eigenvalue weighted by atomic mass is 10.0. The van der Waals surface area contributed by atoms with Gasteiger partial charge in [-0.1, -0.05) is 6.07 Å². The zero-order valence-corrected chi connectivity index (χ0v) is 14.1. The summed E-state index contributed by atoms with van der Waals surface area (Å²) in [6, 6.07) is 10.1.